The predicted molar refractivity (Wildman–Crippen MR) is 72.3 cm³/mol. The molecule has 0 unspecified atom stereocenters. The van der Waals surface area contributed by atoms with Crippen molar-refractivity contribution in [2.45, 2.75) is 24.3 Å². The summed E-state index contributed by atoms with van der Waals surface area (Å²) in [7, 11) is -4.03. The van der Waals surface area contributed by atoms with Crippen LogP contribution < -0.4 is 5.32 Å². The normalized spacial score (nSPS) is 19.6. The van der Waals surface area contributed by atoms with Crippen LogP contribution in [0, 0.1) is 0 Å². The van der Waals surface area contributed by atoms with Crippen molar-refractivity contribution >= 4 is 33.2 Å². The third kappa shape index (κ3) is 2.21. The number of hydrogen-bond acceptors (Lipinski definition) is 5. The lowest BCUT2D eigenvalue weighted by molar-refractivity contribution is -0.131. The number of carboxylic acid groups (broad SMARTS) is 1. The Bertz CT molecular complexity index is 662. The average Bonchev–Trinajstić information content (AvgIpc) is 2.82. The fourth-order valence-corrected chi connectivity index (χ4v) is 5.06. The molecule has 1 aliphatic heterocycles. The summed E-state index contributed by atoms with van der Waals surface area (Å²) in [6.45, 7) is 3.29. The summed E-state index contributed by atoms with van der Waals surface area (Å²) in [5.74, 6) is -1.70. The number of carbonyl (C=O) groups is 2. The van der Waals surface area contributed by atoms with E-state index in [-0.39, 0.29) is 22.9 Å². The molecule has 110 valence electrons. The maximum atomic E-state index is 12.6. The second-order valence-electron chi connectivity index (χ2n) is 4.81. The summed E-state index contributed by atoms with van der Waals surface area (Å²) in [6, 6.07) is 1.26. The molecule has 1 fully saturated rings. The summed E-state index contributed by atoms with van der Waals surface area (Å²) in [5.41, 5.74) is -1.26. The molecule has 9 heteroatoms. The van der Waals surface area contributed by atoms with Gasteiger partial charge in [0, 0.05) is 13.1 Å². The molecule has 2 heterocycles. The van der Waals surface area contributed by atoms with Gasteiger partial charge in [-0.1, -0.05) is 0 Å². The predicted octanol–water partition coefficient (Wildman–Crippen LogP) is 0.345. The molecule has 1 aromatic rings. The number of sulfonamides is 1. The zero-order valence-electron chi connectivity index (χ0n) is 10.9. The first-order valence-corrected chi connectivity index (χ1v) is 8.13. The molecule has 0 spiro atoms. The number of carboxylic acids is 1. The van der Waals surface area contributed by atoms with E-state index in [9.17, 15) is 18.0 Å². The zero-order chi connectivity index (χ0) is 15.1. The second kappa shape index (κ2) is 4.83. The van der Waals surface area contributed by atoms with Gasteiger partial charge in [-0.2, -0.15) is 4.31 Å². The van der Waals surface area contributed by atoms with Crippen molar-refractivity contribution in [2.75, 3.05) is 13.1 Å². The van der Waals surface area contributed by atoms with Crippen LogP contribution >= 0.6 is 11.3 Å². The molecule has 7 nitrogen and oxygen atoms in total. The van der Waals surface area contributed by atoms with Crippen LogP contribution in [0.4, 0.5) is 0 Å². The van der Waals surface area contributed by atoms with Gasteiger partial charge in [0.2, 0.25) is 15.9 Å². The molecular formula is C11H14N2O5S2. The molecular weight excluding hydrogens is 304 g/mol. The van der Waals surface area contributed by atoms with Gasteiger partial charge < -0.3 is 10.4 Å². The van der Waals surface area contributed by atoms with Crippen LogP contribution in [0.25, 0.3) is 0 Å². The third-order valence-corrected chi connectivity index (χ3v) is 6.32. The highest BCUT2D eigenvalue weighted by molar-refractivity contribution is 7.89. The van der Waals surface area contributed by atoms with Crippen LogP contribution in [0.3, 0.4) is 0 Å². The Morgan fingerprint density at radius 1 is 1.50 bits per heavy atom. The van der Waals surface area contributed by atoms with Gasteiger partial charge in [0.15, 0.2) is 0 Å². The molecule has 0 aromatic carbocycles. The van der Waals surface area contributed by atoms with Crippen LogP contribution in [-0.4, -0.2) is 48.3 Å². The fraction of sp³-hybridized carbons (Fsp3) is 0.455. The largest absolute Gasteiger partial charge is 0.477 e. The smallest absolute Gasteiger partial charge is 0.347 e. The Kier molecular flexibility index (Phi) is 3.61. The SMILES string of the molecule is CC1(C)C(=O)NCCN1S(=O)(=O)c1ccsc1C(=O)O. The molecule has 0 bridgehead atoms. The number of amides is 1. The fourth-order valence-electron chi connectivity index (χ4n) is 2.08. The molecule has 2 rings (SSSR count). The number of nitrogens with one attached hydrogen (secondary N) is 1. The van der Waals surface area contributed by atoms with Crippen molar-refractivity contribution < 1.29 is 23.1 Å². The van der Waals surface area contributed by atoms with E-state index in [4.69, 9.17) is 5.11 Å². The van der Waals surface area contributed by atoms with Crippen LogP contribution in [0.15, 0.2) is 16.3 Å². The lowest BCUT2D eigenvalue weighted by Crippen LogP contribution is -2.63. The van der Waals surface area contributed by atoms with Gasteiger partial charge in [-0.05, 0) is 25.3 Å². The second-order valence-corrected chi connectivity index (χ2v) is 7.56. The van der Waals surface area contributed by atoms with Gasteiger partial charge in [0.1, 0.15) is 15.3 Å². The number of thiophene rings is 1. The van der Waals surface area contributed by atoms with Crippen molar-refractivity contribution in [1.29, 1.82) is 0 Å². The van der Waals surface area contributed by atoms with E-state index in [1.165, 1.54) is 25.3 Å². The lowest BCUT2D eigenvalue weighted by Gasteiger charge is -2.39. The standard InChI is InChI=1S/C11H14N2O5S2/c1-11(2)10(16)12-4-5-13(11)20(17,18)7-3-6-19-8(7)9(14)15/h3,6H,4-5H2,1-2H3,(H,12,16)(H,14,15). The highest BCUT2D eigenvalue weighted by atomic mass is 32.2. The van der Waals surface area contributed by atoms with Gasteiger partial charge in [-0.25, -0.2) is 13.2 Å². The minimum absolute atomic E-state index is 0.107. The molecule has 1 aliphatic rings. The van der Waals surface area contributed by atoms with E-state index in [1.54, 1.807) is 0 Å². The van der Waals surface area contributed by atoms with Crippen molar-refractivity contribution in [3.05, 3.63) is 16.3 Å². The Hall–Kier alpha value is -1.45. The monoisotopic (exact) mass is 318 g/mol. The van der Waals surface area contributed by atoms with E-state index in [1.807, 2.05) is 0 Å². The van der Waals surface area contributed by atoms with Crippen molar-refractivity contribution in [2.24, 2.45) is 0 Å². The van der Waals surface area contributed by atoms with Gasteiger partial charge in [0.05, 0.1) is 0 Å². The van der Waals surface area contributed by atoms with E-state index < -0.39 is 27.4 Å². The molecule has 2 N–H and O–H groups in total. The maximum absolute atomic E-state index is 12.6. The van der Waals surface area contributed by atoms with Crippen LogP contribution in [0.1, 0.15) is 23.5 Å². The summed E-state index contributed by atoms with van der Waals surface area (Å²) in [6.07, 6.45) is 0. The summed E-state index contributed by atoms with van der Waals surface area (Å²) in [4.78, 5) is 22.4. The summed E-state index contributed by atoms with van der Waals surface area (Å²) < 4.78 is 26.3. The van der Waals surface area contributed by atoms with Crippen LogP contribution in [0.2, 0.25) is 0 Å². The average molecular weight is 318 g/mol. The maximum Gasteiger partial charge on any atom is 0.347 e. The molecule has 1 aromatic heterocycles. The van der Waals surface area contributed by atoms with E-state index >= 15 is 0 Å². The zero-order valence-corrected chi connectivity index (χ0v) is 12.5. The first-order valence-electron chi connectivity index (χ1n) is 5.81. The minimum atomic E-state index is -4.03. The van der Waals surface area contributed by atoms with Gasteiger partial charge in [0.25, 0.3) is 0 Å². The number of rotatable bonds is 3. The first-order chi connectivity index (χ1) is 9.19. The quantitative estimate of drug-likeness (QED) is 0.836. The van der Waals surface area contributed by atoms with Crippen LogP contribution in [-0.2, 0) is 14.8 Å². The molecule has 20 heavy (non-hydrogen) atoms. The third-order valence-electron chi connectivity index (χ3n) is 3.17. The highest BCUT2D eigenvalue weighted by Crippen LogP contribution is 2.30. The number of hydrogen-bond donors (Lipinski definition) is 2. The van der Waals surface area contributed by atoms with Crippen LogP contribution in [0.5, 0.6) is 0 Å². The van der Waals surface area contributed by atoms with Gasteiger partial charge in [-0.3, -0.25) is 4.79 Å². The first kappa shape index (κ1) is 14.9. The van der Waals surface area contributed by atoms with Crippen molar-refractivity contribution in [1.82, 2.24) is 9.62 Å². The molecule has 1 amide bonds. The topological polar surface area (TPSA) is 104 Å². The van der Waals surface area contributed by atoms with E-state index in [0.29, 0.717) is 0 Å². The number of aromatic carboxylic acids is 1. The summed E-state index contributed by atoms with van der Waals surface area (Å²) >= 11 is 0.844. The van der Waals surface area contributed by atoms with E-state index in [0.717, 1.165) is 15.6 Å². The number of nitrogens with zero attached hydrogens (tertiary/aromatic N) is 1. The Labute approximate surface area is 120 Å². The van der Waals surface area contributed by atoms with Crippen molar-refractivity contribution in [3.8, 4) is 0 Å². The molecule has 0 aliphatic carbocycles. The highest BCUT2D eigenvalue weighted by Gasteiger charge is 2.46. The Balaban J connectivity index is 2.52. The number of piperazine rings is 1. The van der Waals surface area contributed by atoms with Gasteiger partial charge >= 0.3 is 5.97 Å². The van der Waals surface area contributed by atoms with Gasteiger partial charge in [-0.15, -0.1) is 11.3 Å². The van der Waals surface area contributed by atoms with Crippen molar-refractivity contribution in [3.63, 3.8) is 0 Å². The Morgan fingerprint density at radius 2 is 2.15 bits per heavy atom. The molecule has 1 saturated heterocycles. The van der Waals surface area contributed by atoms with E-state index in [2.05, 4.69) is 5.32 Å². The lowest BCUT2D eigenvalue weighted by atomic mass is 10.0. The molecule has 0 atom stereocenters. The number of carbonyl (C=O) groups excluding carboxylic acids is 1. The summed E-state index contributed by atoms with van der Waals surface area (Å²) in [5, 5.41) is 13.1. The molecule has 0 radical (unpaired) electrons. The minimum Gasteiger partial charge on any atom is -0.477 e. The molecule has 0 saturated carbocycles. The Morgan fingerprint density at radius 3 is 2.75 bits per heavy atom.